The van der Waals surface area contributed by atoms with Crippen molar-refractivity contribution in [2.45, 2.75) is 0 Å². The van der Waals surface area contributed by atoms with Crippen molar-refractivity contribution < 1.29 is 0 Å². The van der Waals surface area contributed by atoms with Gasteiger partial charge in [0.15, 0.2) is 0 Å². The van der Waals surface area contributed by atoms with Gasteiger partial charge in [-0.15, -0.1) is 0 Å². The molecule has 3 aliphatic heterocycles. The van der Waals surface area contributed by atoms with Crippen LogP contribution in [-0.4, -0.2) is 15.8 Å². The molecule has 0 aliphatic carbocycles. The maximum atomic E-state index is 2.57. The van der Waals surface area contributed by atoms with Gasteiger partial charge in [0.2, 0.25) is 0 Å². The minimum Gasteiger partial charge on any atom is -0.310 e. The third-order valence-electron chi connectivity index (χ3n) is 9.65. The maximum Gasteiger partial charge on any atom is 0.253 e. The third kappa shape index (κ3) is 1.93. The van der Waals surface area contributed by atoms with Gasteiger partial charge in [-0.25, -0.2) is 0 Å². The molecule has 0 spiro atoms. The molecule has 11 rings (SSSR count). The first kappa shape index (κ1) is 19.1. The first-order valence-corrected chi connectivity index (χ1v) is 13.8. The van der Waals surface area contributed by atoms with E-state index in [0.29, 0.717) is 0 Å². The average molecular weight is 490 g/mol. The van der Waals surface area contributed by atoms with Crippen molar-refractivity contribution in [3.05, 3.63) is 115 Å². The predicted molar refractivity (Wildman–Crippen MR) is 164 cm³/mol. The van der Waals surface area contributed by atoms with E-state index in [-0.39, 0.29) is 6.71 Å². The molecule has 2 nitrogen and oxygen atoms in total. The van der Waals surface area contributed by atoms with Crippen molar-refractivity contribution in [2.24, 2.45) is 0 Å². The van der Waals surface area contributed by atoms with Crippen molar-refractivity contribution in [1.82, 2.24) is 9.13 Å². The fraction of sp³-hybridized carbons (Fsp3) is 0. The van der Waals surface area contributed by atoms with Crippen molar-refractivity contribution >= 4 is 66.7 Å². The Balaban J connectivity index is 1.55. The minimum atomic E-state index is 0.176. The van der Waals surface area contributed by atoms with Crippen LogP contribution in [0.3, 0.4) is 0 Å². The van der Waals surface area contributed by atoms with Crippen LogP contribution in [0.1, 0.15) is 0 Å². The molecule has 3 heteroatoms. The van der Waals surface area contributed by atoms with Gasteiger partial charge in [-0.3, -0.25) is 0 Å². The monoisotopic (exact) mass is 490 g/mol. The molecule has 0 bridgehead atoms. The van der Waals surface area contributed by atoms with Crippen LogP contribution in [0, 0.1) is 0 Å². The number of aromatic nitrogens is 2. The second-order valence-electron chi connectivity index (χ2n) is 11.2. The molecule has 0 N–H and O–H groups in total. The summed E-state index contributed by atoms with van der Waals surface area (Å²) in [6, 6.07) is 43.3. The van der Waals surface area contributed by atoms with E-state index in [2.05, 4.69) is 124 Å². The molecule has 5 heterocycles. The van der Waals surface area contributed by atoms with Crippen LogP contribution in [0.15, 0.2) is 115 Å². The zero-order chi connectivity index (χ0) is 25.0. The molecular formula is C36H19BN2. The van der Waals surface area contributed by atoms with Crippen LogP contribution in [0.5, 0.6) is 0 Å². The van der Waals surface area contributed by atoms with E-state index in [1.165, 1.54) is 93.6 Å². The molecule has 0 atom stereocenters. The van der Waals surface area contributed by atoms with Crippen LogP contribution in [0.4, 0.5) is 0 Å². The fourth-order valence-electron chi connectivity index (χ4n) is 8.34. The van der Waals surface area contributed by atoms with Crippen LogP contribution in [0.25, 0.3) is 77.2 Å². The van der Waals surface area contributed by atoms with Crippen LogP contribution in [-0.2, 0) is 0 Å². The number of fused-ring (bicyclic) bond motifs is 11. The molecule has 3 aliphatic rings. The largest absolute Gasteiger partial charge is 0.310 e. The van der Waals surface area contributed by atoms with Gasteiger partial charge in [-0.05, 0) is 69.0 Å². The lowest BCUT2D eigenvalue weighted by Gasteiger charge is -2.34. The average Bonchev–Trinajstić information content (AvgIpc) is 3.47. The smallest absolute Gasteiger partial charge is 0.253 e. The Labute approximate surface area is 224 Å². The van der Waals surface area contributed by atoms with Gasteiger partial charge >= 0.3 is 0 Å². The number of para-hydroxylation sites is 2. The molecule has 0 radical (unpaired) electrons. The first-order chi connectivity index (χ1) is 19.4. The van der Waals surface area contributed by atoms with Crippen LogP contribution < -0.4 is 16.4 Å². The quantitative estimate of drug-likeness (QED) is 0.210. The van der Waals surface area contributed by atoms with E-state index in [1.54, 1.807) is 0 Å². The summed E-state index contributed by atoms with van der Waals surface area (Å²) in [5.74, 6) is 0. The van der Waals surface area contributed by atoms with E-state index in [4.69, 9.17) is 0 Å². The first-order valence-electron chi connectivity index (χ1n) is 13.8. The minimum absolute atomic E-state index is 0.176. The summed E-state index contributed by atoms with van der Waals surface area (Å²) >= 11 is 0. The van der Waals surface area contributed by atoms with Crippen molar-refractivity contribution in [3.8, 4) is 33.6 Å². The Morgan fingerprint density at radius 1 is 0.385 bits per heavy atom. The molecule has 0 saturated carbocycles. The SMILES string of the molecule is c1ccc2c(c1)-c1cccc3c1B1c4c-2cccc4-n2c4ccccc4c4cc5c6ccccc6n-3c5c1c42. The molecule has 0 fully saturated rings. The molecular weight excluding hydrogens is 471 g/mol. The normalized spacial score (nSPS) is 13.6. The second-order valence-corrected chi connectivity index (χ2v) is 11.2. The lowest BCUT2D eigenvalue weighted by atomic mass is 9.33. The van der Waals surface area contributed by atoms with E-state index in [1.807, 2.05) is 0 Å². The van der Waals surface area contributed by atoms with E-state index in [0.717, 1.165) is 0 Å². The van der Waals surface area contributed by atoms with Crippen LogP contribution in [0.2, 0.25) is 0 Å². The summed E-state index contributed by atoms with van der Waals surface area (Å²) in [4.78, 5) is 0. The molecule has 0 unspecified atom stereocenters. The maximum absolute atomic E-state index is 2.57. The number of benzene rings is 6. The highest BCUT2D eigenvalue weighted by atomic mass is 15.0. The fourth-order valence-corrected chi connectivity index (χ4v) is 8.34. The molecule has 0 saturated heterocycles. The summed E-state index contributed by atoms with van der Waals surface area (Å²) < 4.78 is 5.14. The molecule has 2 aromatic heterocycles. The highest BCUT2D eigenvalue weighted by Gasteiger charge is 2.44. The van der Waals surface area contributed by atoms with E-state index < -0.39 is 0 Å². The Kier molecular flexibility index (Phi) is 3.02. The van der Waals surface area contributed by atoms with Gasteiger partial charge in [-0.1, -0.05) is 84.9 Å². The van der Waals surface area contributed by atoms with Gasteiger partial charge in [0.05, 0.1) is 22.1 Å². The van der Waals surface area contributed by atoms with Gasteiger partial charge in [-0.2, -0.15) is 0 Å². The van der Waals surface area contributed by atoms with Gasteiger partial charge < -0.3 is 9.13 Å². The summed E-state index contributed by atoms with van der Waals surface area (Å²) in [6.07, 6.45) is 0. The highest BCUT2D eigenvalue weighted by Crippen LogP contribution is 2.45. The zero-order valence-electron chi connectivity index (χ0n) is 20.9. The van der Waals surface area contributed by atoms with Crippen molar-refractivity contribution in [1.29, 1.82) is 0 Å². The number of nitrogens with zero attached hydrogens (tertiary/aromatic N) is 2. The topological polar surface area (TPSA) is 9.86 Å². The molecule has 8 aromatic rings. The Morgan fingerprint density at radius 2 is 0.846 bits per heavy atom. The molecule has 176 valence electrons. The Hall–Kier alpha value is -5.02. The lowest BCUT2D eigenvalue weighted by molar-refractivity contribution is 1.17. The summed E-state index contributed by atoms with van der Waals surface area (Å²) in [7, 11) is 0. The molecule has 0 amide bonds. The summed E-state index contributed by atoms with van der Waals surface area (Å²) in [5, 5.41) is 5.37. The Morgan fingerprint density at radius 3 is 1.38 bits per heavy atom. The number of hydrogen-bond acceptors (Lipinski definition) is 0. The van der Waals surface area contributed by atoms with Crippen molar-refractivity contribution in [3.63, 3.8) is 0 Å². The van der Waals surface area contributed by atoms with Gasteiger partial charge in [0, 0.05) is 32.9 Å². The standard InChI is InChI=1S/C36H19BN2/c1-2-10-21-20(9-1)24-13-7-17-30-32(24)37-33-25(21)14-8-18-31(33)39-29-16-6-4-12-23(29)27-19-26-22-11-3-5-15-28(22)38(30)35(26)34(37)36(27)39/h1-19H. The predicted octanol–water partition coefficient (Wildman–Crippen LogP) is 6.67. The summed E-state index contributed by atoms with van der Waals surface area (Å²) in [6.45, 7) is 0.176. The molecule has 6 aromatic carbocycles. The van der Waals surface area contributed by atoms with Gasteiger partial charge in [0.25, 0.3) is 6.71 Å². The van der Waals surface area contributed by atoms with Gasteiger partial charge in [0.1, 0.15) is 0 Å². The van der Waals surface area contributed by atoms with Crippen LogP contribution >= 0.6 is 0 Å². The van der Waals surface area contributed by atoms with E-state index >= 15 is 0 Å². The Bertz CT molecular complexity index is 2290. The number of rotatable bonds is 0. The van der Waals surface area contributed by atoms with E-state index in [9.17, 15) is 0 Å². The van der Waals surface area contributed by atoms with Crippen molar-refractivity contribution in [2.75, 3.05) is 0 Å². The highest BCUT2D eigenvalue weighted by molar-refractivity contribution is 7.02. The third-order valence-corrected chi connectivity index (χ3v) is 9.65. The number of hydrogen-bond donors (Lipinski definition) is 0. The zero-order valence-corrected chi connectivity index (χ0v) is 20.9. The summed E-state index contributed by atoms with van der Waals surface area (Å²) in [5.41, 5.74) is 17.7. The lowest BCUT2D eigenvalue weighted by Crippen LogP contribution is -2.59. The second kappa shape index (κ2) is 6.16. The molecule has 39 heavy (non-hydrogen) atoms.